The van der Waals surface area contributed by atoms with Gasteiger partial charge in [-0.1, -0.05) is 0 Å². The first-order valence-electron chi connectivity index (χ1n) is 8.94. The Morgan fingerprint density at radius 1 is 1.27 bits per heavy atom. The molecule has 0 aliphatic carbocycles. The van der Waals surface area contributed by atoms with Crippen LogP contribution in [0.5, 0.6) is 0 Å². The van der Waals surface area contributed by atoms with Crippen molar-refractivity contribution in [3.63, 3.8) is 0 Å². The van der Waals surface area contributed by atoms with E-state index in [0.717, 1.165) is 13.1 Å². The molecule has 1 aromatic heterocycles. The zero-order chi connectivity index (χ0) is 18.9. The average molecular weight is 364 g/mol. The number of likely N-dealkylation sites (tertiary alicyclic amines) is 1. The highest BCUT2D eigenvalue weighted by molar-refractivity contribution is 5.92. The van der Waals surface area contributed by atoms with Crippen LogP contribution in [0, 0.1) is 0 Å². The molecule has 1 saturated heterocycles. The summed E-state index contributed by atoms with van der Waals surface area (Å²) < 4.78 is 4.99. The quantitative estimate of drug-likeness (QED) is 0.738. The van der Waals surface area contributed by atoms with Gasteiger partial charge in [0.15, 0.2) is 5.69 Å². The number of ether oxygens (including phenoxy) is 1. The smallest absolute Gasteiger partial charge is 0.409 e. The van der Waals surface area contributed by atoms with E-state index in [-0.39, 0.29) is 23.7 Å². The van der Waals surface area contributed by atoms with Gasteiger partial charge in [-0.25, -0.2) is 4.79 Å². The fourth-order valence-corrected chi connectivity index (χ4v) is 2.64. The summed E-state index contributed by atoms with van der Waals surface area (Å²) in [5.74, 6) is 0.401. The highest BCUT2D eigenvalue weighted by Gasteiger charge is 2.25. The largest absolute Gasteiger partial charge is 0.450 e. The lowest BCUT2D eigenvalue weighted by Crippen LogP contribution is -2.46. The van der Waals surface area contributed by atoms with Gasteiger partial charge in [0, 0.05) is 32.2 Å². The number of nitrogens with one attached hydrogen (secondary N) is 2. The summed E-state index contributed by atoms with van der Waals surface area (Å²) in [7, 11) is 4.00. The number of piperidine rings is 1. The van der Waals surface area contributed by atoms with Crippen LogP contribution in [-0.4, -0.2) is 84.9 Å². The van der Waals surface area contributed by atoms with E-state index in [1.807, 2.05) is 14.1 Å². The van der Waals surface area contributed by atoms with Gasteiger partial charge in [-0.15, -0.1) is 10.2 Å². The normalized spacial score (nSPS) is 15.0. The van der Waals surface area contributed by atoms with Gasteiger partial charge in [-0.3, -0.25) is 4.79 Å². The van der Waals surface area contributed by atoms with Crippen molar-refractivity contribution in [2.45, 2.75) is 25.8 Å². The fraction of sp³-hybridized carbons (Fsp3) is 0.647. The van der Waals surface area contributed by atoms with Gasteiger partial charge in [0.05, 0.1) is 6.61 Å². The van der Waals surface area contributed by atoms with Gasteiger partial charge >= 0.3 is 6.09 Å². The standard InChI is InChI=1S/C17H28N6O3/c1-4-26-17(25)23-10-7-13(8-11-23)19-16(24)14-5-6-15(21-20-14)18-9-12-22(2)3/h5-6,13H,4,7-12H2,1-3H3,(H,18,21)(H,19,24). The van der Waals surface area contributed by atoms with E-state index in [4.69, 9.17) is 4.74 Å². The minimum atomic E-state index is -0.291. The molecule has 2 rings (SSSR count). The highest BCUT2D eigenvalue weighted by Crippen LogP contribution is 2.12. The second-order valence-electron chi connectivity index (χ2n) is 6.47. The lowest BCUT2D eigenvalue weighted by molar-refractivity contribution is 0.0856. The average Bonchev–Trinajstić information content (AvgIpc) is 2.63. The van der Waals surface area contributed by atoms with Gasteiger partial charge in [0.1, 0.15) is 5.82 Å². The Hall–Kier alpha value is -2.42. The van der Waals surface area contributed by atoms with Crippen molar-refractivity contribution < 1.29 is 14.3 Å². The van der Waals surface area contributed by atoms with Crippen molar-refractivity contribution in [3.05, 3.63) is 17.8 Å². The fourth-order valence-electron chi connectivity index (χ4n) is 2.64. The summed E-state index contributed by atoms with van der Waals surface area (Å²) in [5, 5.41) is 14.1. The predicted octanol–water partition coefficient (Wildman–Crippen LogP) is 0.801. The summed E-state index contributed by atoms with van der Waals surface area (Å²) >= 11 is 0. The number of rotatable bonds is 7. The molecule has 2 amide bonds. The van der Waals surface area contributed by atoms with Crippen LogP contribution in [0.1, 0.15) is 30.3 Å². The summed E-state index contributed by atoms with van der Waals surface area (Å²) in [5.41, 5.74) is 0.288. The molecule has 0 bridgehead atoms. The molecule has 2 N–H and O–H groups in total. The third-order valence-corrected chi connectivity index (χ3v) is 4.12. The van der Waals surface area contributed by atoms with Crippen LogP contribution < -0.4 is 10.6 Å². The summed E-state index contributed by atoms with van der Waals surface area (Å²) in [6.45, 7) is 4.94. The van der Waals surface area contributed by atoms with E-state index in [2.05, 4.69) is 25.7 Å². The molecule has 0 radical (unpaired) electrons. The Morgan fingerprint density at radius 2 is 2.00 bits per heavy atom. The Bertz CT molecular complexity index is 585. The Kier molecular flexibility index (Phi) is 7.58. The second kappa shape index (κ2) is 9.91. The van der Waals surface area contributed by atoms with E-state index in [0.29, 0.717) is 38.4 Å². The van der Waals surface area contributed by atoms with Crippen LogP contribution in [0.4, 0.5) is 10.6 Å². The van der Waals surface area contributed by atoms with Crippen molar-refractivity contribution >= 4 is 17.8 Å². The van der Waals surface area contributed by atoms with Gasteiger partial charge < -0.3 is 25.2 Å². The van der Waals surface area contributed by atoms with Crippen LogP contribution in [0.3, 0.4) is 0 Å². The van der Waals surface area contributed by atoms with E-state index in [1.165, 1.54) is 0 Å². The first-order chi connectivity index (χ1) is 12.5. The van der Waals surface area contributed by atoms with Gasteiger partial charge in [-0.2, -0.15) is 0 Å². The van der Waals surface area contributed by atoms with Crippen molar-refractivity contribution in [3.8, 4) is 0 Å². The van der Waals surface area contributed by atoms with E-state index in [9.17, 15) is 9.59 Å². The number of likely N-dealkylation sites (N-methyl/N-ethyl adjacent to an activating group) is 1. The van der Waals surface area contributed by atoms with Gasteiger partial charge in [0.2, 0.25) is 0 Å². The molecule has 1 fully saturated rings. The molecule has 2 heterocycles. The molecular formula is C17H28N6O3. The van der Waals surface area contributed by atoms with Crippen molar-refractivity contribution in [2.75, 3.05) is 52.2 Å². The molecule has 0 unspecified atom stereocenters. The third kappa shape index (κ3) is 6.14. The van der Waals surface area contributed by atoms with E-state index >= 15 is 0 Å². The number of amides is 2. The van der Waals surface area contributed by atoms with Crippen molar-refractivity contribution in [2.24, 2.45) is 0 Å². The molecule has 0 atom stereocenters. The monoisotopic (exact) mass is 364 g/mol. The van der Waals surface area contributed by atoms with Crippen molar-refractivity contribution in [1.29, 1.82) is 0 Å². The maximum atomic E-state index is 12.3. The molecule has 1 aliphatic rings. The van der Waals surface area contributed by atoms with Crippen molar-refractivity contribution in [1.82, 2.24) is 25.3 Å². The third-order valence-electron chi connectivity index (χ3n) is 4.12. The number of anilines is 1. The molecule has 9 nitrogen and oxygen atoms in total. The zero-order valence-corrected chi connectivity index (χ0v) is 15.7. The topological polar surface area (TPSA) is 99.7 Å². The first-order valence-corrected chi connectivity index (χ1v) is 8.94. The van der Waals surface area contributed by atoms with E-state index in [1.54, 1.807) is 24.0 Å². The number of hydrogen-bond donors (Lipinski definition) is 2. The molecule has 0 spiro atoms. The highest BCUT2D eigenvalue weighted by atomic mass is 16.6. The number of carbonyl (C=O) groups is 2. The summed E-state index contributed by atoms with van der Waals surface area (Å²) in [4.78, 5) is 27.7. The minimum absolute atomic E-state index is 0.0212. The maximum Gasteiger partial charge on any atom is 0.409 e. The molecule has 9 heteroatoms. The summed E-state index contributed by atoms with van der Waals surface area (Å²) in [6.07, 6.45) is 1.10. The molecule has 1 aliphatic heterocycles. The molecule has 0 saturated carbocycles. The van der Waals surface area contributed by atoms with Crippen LogP contribution in [0.2, 0.25) is 0 Å². The van der Waals surface area contributed by atoms with E-state index < -0.39 is 0 Å². The SMILES string of the molecule is CCOC(=O)N1CCC(NC(=O)c2ccc(NCCN(C)C)nn2)CC1. The molecule has 144 valence electrons. The van der Waals surface area contributed by atoms with Crippen LogP contribution >= 0.6 is 0 Å². The number of nitrogens with zero attached hydrogens (tertiary/aromatic N) is 4. The molecule has 0 aromatic carbocycles. The van der Waals surface area contributed by atoms with Crippen LogP contribution in [-0.2, 0) is 4.74 Å². The van der Waals surface area contributed by atoms with Gasteiger partial charge in [-0.05, 0) is 46.0 Å². The molecule has 1 aromatic rings. The number of hydrogen-bond acceptors (Lipinski definition) is 7. The maximum absolute atomic E-state index is 12.3. The zero-order valence-electron chi connectivity index (χ0n) is 15.7. The predicted molar refractivity (Wildman–Crippen MR) is 98.2 cm³/mol. The van der Waals surface area contributed by atoms with Gasteiger partial charge in [0.25, 0.3) is 5.91 Å². The number of aromatic nitrogens is 2. The molecule has 26 heavy (non-hydrogen) atoms. The lowest BCUT2D eigenvalue weighted by Gasteiger charge is -2.31. The Balaban J connectivity index is 1.77. The second-order valence-corrected chi connectivity index (χ2v) is 6.47. The summed E-state index contributed by atoms with van der Waals surface area (Å²) in [6, 6.07) is 3.43. The Morgan fingerprint density at radius 3 is 2.58 bits per heavy atom. The Labute approximate surface area is 154 Å². The lowest BCUT2D eigenvalue weighted by atomic mass is 10.1. The number of carbonyl (C=O) groups excluding carboxylic acids is 2. The van der Waals surface area contributed by atoms with Crippen LogP contribution in [0.15, 0.2) is 12.1 Å². The molecular weight excluding hydrogens is 336 g/mol. The first kappa shape index (κ1) is 19.9. The minimum Gasteiger partial charge on any atom is -0.450 e. The van der Waals surface area contributed by atoms with Crippen LogP contribution in [0.25, 0.3) is 0 Å².